The molecule has 2 heterocycles. The SMILES string of the molecule is CCCc1ccc2c(c1)[nH]c1cc3c4ccc(CCC)cc4n(-c4ccccc4)c3cc12. The summed E-state index contributed by atoms with van der Waals surface area (Å²) in [5.74, 6) is 0. The molecule has 158 valence electrons. The highest BCUT2D eigenvalue weighted by molar-refractivity contribution is 6.18. The van der Waals surface area contributed by atoms with Crippen LogP contribution in [0.25, 0.3) is 49.3 Å². The summed E-state index contributed by atoms with van der Waals surface area (Å²) in [6.45, 7) is 4.48. The highest BCUT2D eigenvalue weighted by Gasteiger charge is 2.16. The van der Waals surface area contributed by atoms with Gasteiger partial charge in [0.05, 0.1) is 11.0 Å². The Morgan fingerprint density at radius 2 is 1.25 bits per heavy atom. The van der Waals surface area contributed by atoms with Crippen LogP contribution in [0.3, 0.4) is 0 Å². The molecule has 0 aliphatic rings. The van der Waals surface area contributed by atoms with Crippen molar-refractivity contribution in [2.45, 2.75) is 39.5 Å². The van der Waals surface area contributed by atoms with Crippen molar-refractivity contribution in [3.63, 3.8) is 0 Å². The van der Waals surface area contributed by atoms with E-state index in [-0.39, 0.29) is 0 Å². The molecule has 0 aliphatic heterocycles. The van der Waals surface area contributed by atoms with Gasteiger partial charge in [0.25, 0.3) is 0 Å². The van der Waals surface area contributed by atoms with Gasteiger partial charge < -0.3 is 9.55 Å². The molecule has 0 spiro atoms. The van der Waals surface area contributed by atoms with Gasteiger partial charge in [-0.05, 0) is 60.4 Å². The number of rotatable bonds is 5. The summed E-state index contributed by atoms with van der Waals surface area (Å²) in [4.78, 5) is 3.71. The third-order valence-electron chi connectivity index (χ3n) is 6.71. The maximum atomic E-state index is 3.71. The number of hydrogen-bond acceptors (Lipinski definition) is 0. The van der Waals surface area contributed by atoms with Crippen LogP contribution in [0, 0.1) is 0 Å². The lowest BCUT2D eigenvalue weighted by molar-refractivity contribution is 0.923. The van der Waals surface area contributed by atoms with Crippen molar-refractivity contribution >= 4 is 43.6 Å². The first kappa shape index (κ1) is 19.2. The minimum atomic E-state index is 1.11. The summed E-state index contributed by atoms with van der Waals surface area (Å²) in [6, 6.07) is 29.4. The van der Waals surface area contributed by atoms with Gasteiger partial charge in [-0.3, -0.25) is 0 Å². The van der Waals surface area contributed by atoms with Crippen LogP contribution in [0.5, 0.6) is 0 Å². The van der Waals surface area contributed by atoms with E-state index in [4.69, 9.17) is 0 Å². The first-order valence-corrected chi connectivity index (χ1v) is 11.8. The molecular formula is C30H28N2. The molecule has 6 aromatic rings. The lowest BCUT2D eigenvalue weighted by atomic mass is 10.0. The van der Waals surface area contributed by atoms with Gasteiger partial charge in [0.15, 0.2) is 0 Å². The molecule has 0 saturated carbocycles. The second-order valence-electron chi connectivity index (χ2n) is 8.94. The highest BCUT2D eigenvalue weighted by atomic mass is 15.0. The summed E-state index contributed by atoms with van der Waals surface area (Å²) >= 11 is 0. The first-order valence-electron chi connectivity index (χ1n) is 11.8. The number of aromatic amines is 1. The third kappa shape index (κ3) is 2.94. The predicted octanol–water partition coefficient (Wildman–Crippen LogP) is 8.32. The van der Waals surface area contributed by atoms with E-state index in [1.807, 2.05) is 0 Å². The van der Waals surface area contributed by atoms with E-state index in [9.17, 15) is 0 Å². The van der Waals surface area contributed by atoms with E-state index in [1.54, 1.807) is 0 Å². The fraction of sp³-hybridized carbons (Fsp3) is 0.200. The van der Waals surface area contributed by atoms with Crippen molar-refractivity contribution in [2.24, 2.45) is 0 Å². The zero-order chi connectivity index (χ0) is 21.7. The molecule has 1 N–H and O–H groups in total. The van der Waals surface area contributed by atoms with Gasteiger partial charge in [0.2, 0.25) is 0 Å². The molecule has 4 aromatic carbocycles. The summed E-state index contributed by atoms with van der Waals surface area (Å²) in [5.41, 5.74) is 9.03. The minimum Gasteiger partial charge on any atom is -0.354 e. The number of para-hydroxylation sites is 1. The number of nitrogens with zero attached hydrogens (tertiary/aromatic N) is 1. The maximum Gasteiger partial charge on any atom is 0.0548 e. The second kappa shape index (κ2) is 7.56. The molecular weight excluding hydrogens is 388 g/mol. The van der Waals surface area contributed by atoms with E-state index in [2.05, 4.69) is 102 Å². The van der Waals surface area contributed by atoms with Crippen LogP contribution in [-0.4, -0.2) is 9.55 Å². The summed E-state index contributed by atoms with van der Waals surface area (Å²) in [5, 5.41) is 5.22. The number of H-pyrrole nitrogens is 1. The van der Waals surface area contributed by atoms with Crippen LogP contribution in [0.4, 0.5) is 0 Å². The zero-order valence-electron chi connectivity index (χ0n) is 18.8. The molecule has 0 saturated heterocycles. The van der Waals surface area contributed by atoms with Crippen LogP contribution in [0.15, 0.2) is 78.9 Å². The van der Waals surface area contributed by atoms with Crippen molar-refractivity contribution in [3.05, 3.63) is 90.0 Å². The minimum absolute atomic E-state index is 1.11. The molecule has 0 aliphatic carbocycles. The van der Waals surface area contributed by atoms with Crippen molar-refractivity contribution < 1.29 is 0 Å². The normalized spacial score (nSPS) is 11.9. The number of aryl methyl sites for hydroxylation is 2. The third-order valence-corrected chi connectivity index (χ3v) is 6.71. The number of hydrogen-bond donors (Lipinski definition) is 1. The van der Waals surface area contributed by atoms with Crippen LogP contribution in [0.1, 0.15) is 37.8 Å². The van der Waals surface area contributed by atoms with Crippen molar-refractivity contribution in [1.82, 2.24) is 9.55 Å². The Morgan fingerprint density at radius 1 is 0.594 bits per heavy atom. The lowest BCUT2D eigenvalue weighted by Crippen LogP contribution is -1.94. The van der Waals surface area contributed by atoms with E-state index in [0.29, 0.717) is 0 Å². The van der Waals surface area contributed by atoms with E-state index >= 15 is 0 Å². The Labute approximate surface area is 188 Å². The fourth-order valence-electron chi connectivity index (χ4n) is 5.25. The largest absolute Gasteiger partial charge is 0.354 e. The first-order chi connectivity index (χ1) is 15.8. The molecule has 0 amide bonds. The molecule has 0 unspecified atom stereocenters. The molecule has 0 atom stereocenters. The Bertz CT molecular complexity index is 1580. The number of nitrogens with one attached hydrogen (secondary N) is 1. The van der Waals surface area contributed by atoms with Crippen molar-refractivity contribution in [3.8, 4) is 5.69 Å². The number of fused-ring (bicyclic) bond motifs is 6. The van der Waals surface area contributed by atoms with Gasteiger partial charge in [-0.1, -0.05) is 69.2 Å². The van der Waals surface area contributed by atoms with Crippen LogP contribution < -0.4 is 0 Å². The molecule has 6 rings (SSSR count). The maximum absolute atomic E-state index is 3.71. The predicted molar refractivity (Wildman–Crippen MR) is 138 cm³/mol. The monoisotopic (exact) mass is 416 g/mol. The molecule has 2 aromatic heterocycles. The van der Waals surface area contributed by atoms with Gasteiger partial charge >= 0.3 is 0 Å². The topological polar surface area (TPSA) is 20.7 Å². The summed E-state index contributed by atoms with van der Waals surface area (Å²) in [6.07, 6.45) is 4.56. The molecule has 2 heteroatoms. The number of aromatic nitrogens is 2. The van der Waals surface area contributed by atoms with Crippen LogP contribution in [-0.2, 0) is 12.8 Å². The Kier molecular flexibility index (Phi) is 4.53. The molecule has 0 bridgehead atoms. The zero-order valence-corrected chi connectivity index (χ0v) is 18.8. The van der Waals surface area contributed by atoms with E-state index in [0.717, 1.165) is 19.3 Å². The van der Waals surface area contributed by atoms with Crippen LogP contribution >= 0.6 is 0 Å². The van der Waals surface area contributed by atoms with Gasteiger partial charge in [0.1, 0.15) is 0 Å². The average molecular weight is 417 g/mol. The summed E-state index contributed by atoms with van der Waals surface area (Å²) in [7, 11) is 0. The standard InChI is InChI=1S/C30H28N2/c1-3-8-20-12-14-23-25-19-30-26(18-28(25)31-27(23)16-20)24-15-13-21(9-4-2)17-29(24)32(30)22-10-6-5-7-11-22/h5-7,10-19,31H,3-4,8-9H2,1-2H3. The average Bonchev–Trinajstić information content (AvgIpc) is 3.32. The number of benzene rings is 4. The van der Waals surface area contributed by atoms with E-state index in [1.165, 1.54) is 66.8 Å². The lowest BCUT2D eigenvalue weighted by Gasteiger charge is -2.08. The quantitative estimate of drug-likeness (QED) is 0.292. The van der Waals surface area contributed by atoms with Gasteiger partial charge in [-0.25, -0.2) is 0 Å². The molecule has 2 nitrogen and oxygen atoms in total. The Balaban J connectivity index is 1.70. The van der Waals surface area contributed by atoms with Crippen molar-refractivity contribution in [2.75, 3.05) is 0 Å². The second-order valence-corrected chi connectivity index (χ2v) is 8.94. The van der Waals surface area contributed by atoms with Gasteiger partial charge in [-0.2, -0.15) is 0 Å². The Morgan fingerprint density at radius 3 is 2.00 bits per heavy atom. The molecule has 0 radical (unpaired) electrons. The van der Waals surface area contributed by atoms with Crippen molar-refractivity contribution in [1.29, 1.82) is 0 Å². The molecule has 32 heavy (non-hydrogen) atoms. The van der Waals surface area contributed by atoms with Gasteiger partial charge in [-0.15, -0.1) is 0 Å². The summed E-state index contributed by atoms with van der Waals surface area (Å²) < 4.78 is 2.44. The Hall–Kier alpha value is -3.52. The fourth-order valence-corrected chi connectivity index (χ4v) is 5.25. The van der Waals surface area contributed by atoms with Crippen LogP contribution in [0.2, 0.25) is 0 Å². The smallest absolute Gasteiger partial charge is 0.0548 e. The van der Waals surface area contributed by atoms with Gasteiger partial charge in [0, 0.05) is 38.3 Å². The molecule has 0 fully saturated rings. The van der Waals surface area contributed by atoms with E-state index < -0.39 is 0 Å². The highest BCUT2D eigenvalue weighted by Crippen LogP contribution is 2.37.